The zero-order chi connectivity index (χ0) is 13.0. The first kappa shape index (κ1) is 12.6. The van der Waals surface area contributed by atoms with Crippen molar-refractivity contribution in [2.45, 2.75) is 26.2 Å². The molecule has 0 bridgehead atoms. The molecule has 0 aliphatic rings. The van der Waals surface area contributed by atoms with Crippen molar-refractivity contribution in [3.05, 3.63) is 24.4 Å². The van der Waals surface area contributed by atoms with E-state index < -0.39 is 0 Å². The summed E-state index contributed by atoms with van der Waals surface area (Å²) >= 11 is 0. The molecule has 0 fully saturated rings. The van der Waals surface area contributed by atoms with Gasteiger partial charge in [-0.25, -0.2) is 9.97 Å². The number of aromatic nitrogens is 4. The van der Waals surface area contributed by atoms with Crippen LogP contribution in [0.15, 0.2) is 23.0 Å². The Morgan fingerprint density at radius 3 is 2.56 bits per heavy atom. The van der Waals surface area contributed by atoms with Crippen molar-refractivity contribution in [1.82, 2.24) is 20.1 Å². The van der Waals surface area contributed by atoms with E-state index in [2.05, 4.69) is 34.0 Å². The quantitative estimate of drug-likeness (QED) is 0.863. The molecule has 0 saturated carbocycles. The van der Waals surface area contributed by atoms with Gasteiger partial charge in [-0.15, -0.1) is 0 Å². The fourth-order valence-corrected chi connectivity index (χ4v) is 1.77. The topological polar surface area (TPSA) is 90.7 Å². The first-order valence-corrected chi connectivity index (χ1v) is 6.01. The molecule has 0 amide bonds. The van der Waals surface area contributed by atoms with Crippen molar-refractivity contribution in [1.29, 1.82) is 0 Å². The predicted octanol–water partition coefficient (Wildman–Crippen LogP) is 1.61. The molecule has 0 radical (unpaired) electrons. The number of hydrogen-bond acceptors (Lipinski definition) is 6. The SMILES string of the molecule is CC(C)CC(CN)c1nc(-c2ncccn2)no1. The Kier molecular flexibility index (Phi) is 3.99. The molecule has 2 rings (SSSR count). The van der Waals surface area contributed by atoms with Crippen LogP contribution in [0.1, 0.15) is 32.1 Å². The monoisotopic (exact) mass is 247 g/mol. The summed E-state index contributed by atoms with van der Waals surface area (Å²) in [5, 5.41) is 3.90. The minimum Gasteiger partial charge on any atom is -0.339 e. The molecule has 0 aliphatic carbocycles. The van der Waals surface area contributed by atoms with Gasteiger partial charge in [0.15, 0.2) is 0 Å². The molecule has 2 heterocycles. The Labute approximate surface area is 106 Å². The van der Waals surface area contributed by atoms with Crippen LogP contribution >= 0.6 is 0 Å². The normalized spacial score (nSPS) is 12.9. The number of rotatable bonds is 5. The minimum atomic E-state index is 0.0926. The highest BCUT2D eigenvalue weighted by Gasteiger charge is 2.20. The number of nitrogens with zero attached hydrogens (tertiary/aromatic N) is 4. The van der Waals surface area contributed by atoms with Crippen LogP contribution in [-0.2, 0) is 0 Å². The van der Waals surface area contributed by atoms with Crippen molar-refractivity contribution in [2.24, 2.45) is 11.7 Å². The Morgan fingerprint density at radius 2 is 1.94 bits per heavy atom. The van der Waals surface area contributed by atoms with Gasteiger partial charge in [-0.05, 0) is 18.4 Å². The van der Waals surface area contributed by atoms with E-state index in [1.165, 1.54) is 0 Å². The molecule has 0 saturated heterocycles. The van der Waals surface area contributed by atoms with Gasteiger partial charge in [0.25, 0.3) is 0 Å². The summed E-state index contributed by atoms with van der Waals surface area (Å²) in [6.45, 7) is 4.77. The van der Waals surface area contributed by atoms with Crippen LogP contribution in [0.2, 0.25) is 0 Å². The zero-order valence-corrected chi connectivity index (χ0v) is 10.6. The summed E-state index contributed by atoms with van der Waals surface area (Å²) < 4.78 is 5.25. The molecule has 96 valence electrons. The second kappa shape index (κ2) is 5.68. The van der Waals surface area contributed by atoms with Gasteiger partial charge in [0.05, 0.1) is 5.92 Å². The molecule has 1 atom stereocenters. The summed E-state index contributed by atoms with van der Waals surface area (Å²) in [5.74, 6) is 2.06. The highest BCUT2D eigenvalue weighted by atomic mass is 16.5. The van der Waals surface area contributed by atoms with E-state index >= 15 is 0 Å². The molecule has 6 nitrogen and oxygen atoms in total. The lowest BCUT2D eigenvalue weighted by Gasteiger charge is -2.11. The summed E-state index contributed by atoms with van der Waals surface area (Å²) in [7, 11) is 0. The van der Waals surface area contributed by atoms with Gasteiger partial charge in [0, 0.05) is 18.9 Å². The fourth-order valence-electron chi connectivity index (χ4n) is 1.77. The van der Waals surface area contributed by atoms with Crippen molar-refractivity contribution in [2.75, 3.05) is 6.54 Å². The van der Waals surface area contributed by atoms with Crippen LogP contribution in [0.5, 0.6) is 0 Å². The lowest BCUT2D eigenvalue weighted by atomic mass is 9.97. The van der Waals surface area contributed by atoms with Crippen LogP contribution in [0, 0.1) is 5.92 Å². The predicted molar refractivity (Wildman–Crippen MR) is 66.6 cm³/mol. The minimum absolute atomic E-state index is 0.0926. The van der Waals surface area contributed by atoms with E-state index in [0.29, 0.717) is 30.0 Å². The average Bonchev–Trinajstić information content (AvgIpc) is 2.86. The molecular weight excluding hydrogens is 230 g/mol. The fraction of sp³-hybridized carbons (Fsp3) is 0.500. The molecule has 2 aromatic heterocycles. The maximum atomic E-state index is 5.74. The second-order valence-electron chi connectivity index (χ2n) is 4.59. The van der Waals surface area contributed by atoms with E-state index in [9.17, 15) is 0 Å². The van der Waals surface area contributed by atoms with Crippen molar-refractivity contribution >= 4 is 0 Å². The maximum Gasteiger partial charge on any atom is 0.240 e. The van der Waals surface area contributed by atoms with Crippen LogP contribution in [0.4, 0.5) is 0 Å². The third-order valence-electron chi connectivity index (χ3n) is 2.60. The maximum absolute atomic E-state index is 5.74. The third-order valence-corrected chi connectivity index (χ3v) is 2.60. The van der Waals surface area contributed by atoms with Gasteiger partial charge >= 0.3 is 0 Å². The highest BCUT2D eigenvalue weighted by molar-refractivity contribution is 5.40. The Hall–Kier alpha value is -1.82. The van der Waals surface area contributed by atoms with Crippen molar-refractivity contribution in [3.8, 4) is 11.6 Å². The van der Waals surface area contributed by atoms with E-state index in [1.807, 2.05) is 0 Å². The molecule has 6 heteroatoms. The van der Waals surface area contributed by atoms with Crippen molar-refractivity contribution in [3.63, 3.8) is 0 Å². The summed E-state index contributed by atoms with van der Waals surface area (Å²) in [6.07, 6.45) is 4.22. The Morgan fingerprint density at radius 1 is 1.22 bits per heavy atom. The number of hydrogen-bond donors (Lipinski definition) is 1. The lowest BCUT2D eigenvalue weighted by Crippen LogP contribution is -2.15. The Balaban J connectivity index is 2.19. The van der Waals surface area contributed by atoms with E-state index in [4.69, 9.17) is 10.3 Å². The van der Waals surface area contributed by atoms with Gasteiger partial charge in [-0.3, -0.25) is 0 Å². The largest absolute Gasteiger partial charge is 0.339 e. The molecule has 18 heavy (non-hydrogen) atoms. The molecule has 1 unspecified atom stereocenters. The lowest BCUT2D eigenvalue weighted by molar-refractivity contribution is 0.334. The van der Waals surface area contributed by atoms with Gasteiger partial charge in [-0.2, -0.15) is 4.98 Å². The zero-order valence-electron chi connectivity index (χ0n) is 10.6. The van der Waals surface area contributed by atoms with Gasteiger partial charge < -0.3 is 10.3 Å². The average molecular weight is 247 g/mol. The van der Waals surface area contributed by atoms with Crippen LogP contribution in [0.25, 0.3) is 11.6 Å². The van der Waals surface area contributed by atoms with Crippen LogP contribution in [0.3, 0.4) is 0 Å². The first-order chi connectivity index (χ1) is 8.70. The molecule has 2 aromatic rings. The van der Waals surface area contributed by atoms with Crippen LogP contribution < -0.4 is 5.73 Å². The van der Waals surface area contributed by atoms with Gasteiger partial charge in [-0.1, -0.05) is 19.0 Å². The molecule has 0 aromatic carbocycles. The second-order valence-corrected chi connectivity index (χ2v) is 4.59. The van der Waals surface area contributed by atoms with E-state index in [0.717, 1.165) is 6.42 Å². The van der Waals surface area contributed by atoms with Crippen molar-refractivity contribution < 1.29 is 4.52 Å². The summed E-state index contributed by atoms with van der Waals surface area (Å²) in [6, 6.07) is 1.74. The smallest absolute Gasteiger partial charge is 0.240 e. The first-order valence-electron chi connectivity index (χ1n) is 6.01. The summed E-state index contributed by atoms with van der Waals surface area (Å²) in [4.78, 5) is 12.5. The van der Waals surface area contributed by atoms with E-state index in [-0.39, 0.29) is 5.92 Å². The van der Waals surface area contributed by atoms with Gasteiger partial charge in [0.2, 0.25) is 17.5 Å². The number of nitrogens with two attached hydrogens (primary N) is 1. The third kappa shape index (κ3) is 2.89. The Bertz CT molecular complexity index is 482. The summed E-state index contributed by atoms with van der Waals surface area (Å²) in [5.41, 5.74) is 5.74. The molecule has 2 N–H and O–H groups in total. The molecule has 0 aliphatic heterocycles. The van der Waals surface area contributed by atoms with E-state index in [1.54, 1.807) is 18.5 Å². The van der Waals surface area contributed by atoms with Crippen LogP contribution in [-0.4, -0.2) is 26.7 Å². The molecule has 0 spiro atoms. The standard InChI is InChI=1S/C12H17N5O/c1-8(2)6-9(7-13)12-16-11(17-18-12)10-14-4-3-5-15-10/h3-5,8-9H,6-7,13H2,1-2H3. The highest BCUT2D eigenvalue weighted by Crippen LogP contribution is 2.22. The van der Waals surface area contributed by atoms with Gasteiger partial charge in [0.1, 0.15) is 0 Å². The molecular formula is C12H17N5O.